The van der Waals surface area contributed by atoms with Crippen LogP contribution in [0.1, 0.15) is 51.4 Å². The summed E-state index contributed by atoms with van der Waals surface area (Å²) >= 11 is 1.54. The minimum absolute atomic E-state index is 0.0699. The van der Waals surface area contributed by atoms with E-state index in [1.165, 1.54) is 11.8 Å². The smallest absolute Gasteiger partial charge is 0.309 e. The normalized spacial score (nSPS) is 24.2. The molecular weight excluding hydrogens is 392 g/mol. The maximum Gasteiger partial charge on any atom is 0.309 e. The monoisotopic (exact) mass is 424 g/mol. The third-order valence-electron chi connectivity index (χ3n) is 6.00. The van der Waals surface area contributed by atoms with Crippen molar-refractivity contribution >= 4 is 34.5 Å². The van der Waals surface area contributed by atoms with Crippen molar-refractivity contribution in [2.24, 2.45) is 16.9 Å². The van der Waals surface area contributed by atoms with Gasteiger partial charge < -0.3 is 15.0 Å². The number of rotatable bonds is 6. The lowest BCUT2D eigenvalue weighted by Gasteiger charge is -2.30. The van der Waals surface area contributed by atoms with Gasteiger partial charge in [-0.3, -0.25) is 14.4 Å². The Morgan fingerprint density at radius 2 is 1.79 bits per heavy atom. The Kier molecular flexibility index (Phi) is 8.35. The van der Waals surface area contributed by atoms with Gasteiger partial charge in [0.15, 0.2) is 5.17 Å². The number of nitrogens with one attached hydrogen (secondary N) is 2. The number of hydrazone groups is 1. The molecule has 3 rings (SSSR count). The Morgan fingerprint density at radius 3 is 2.41 bits per heavy atom. The van der Waals surface area contributed by atoms with E-state index in [2.05, 4.69) is 15.8 Å². The van der Waals surface area contributed by atoms with Crippen molar-refractivity contribution in [2.75, 3.05) is 32.6 Å². The highest BCUT2D eigenvalue weighted by atomic mass is 32.2. The van der Waals surface area contributed by atoms with Crippen LogP contribution in [0.2, 0.25) is 0 Å². The van der Waals surface area contributed by atoms with E-state index in [0.717, 1.165) is 50.8 Å². The number of nitrogens with zero attached hydrogens (tertiary/aromatic N) is 2. The lowest BCUT2D eigenvalue weighted by atomic mass is 9.87. The van der Waals surface area contributed by atoms with Crippen LogP contribution in [0.3, 0.4) is 0 Å². The van der Waals surface area contributed by atoms with Crippen LogP contribution in [0.25, 0.3) is 0 Å². The standard InChI is InChI=1S/C20H32N4O4S/c1-24-10-13-29-20(24)23-22-19(27)17(25)16(14-8-11-28-12-9-14)21-18(26)15-6-4-2-3-5-7-15/h14-16H,2-13H2,1H3,(H,21,26)(H,22,27)/t16-/m0/s1. The largest absolute Gasteiger partial charge is 0.381 e. The first kappa shape index (κ1) is 22.1. The molecule has 8 nitrogen and oxygen atoms in total. The molecule has 2 saturated heterocycles. The van der Waals surface area contributed by atoms with Gasteiger partial charge in [0.2, 0.25) is 11.7 Å². The van der Waals surface area contributed by atoms with E-state index in [1.807, 2.05) is 11.9 Å². The van der Waals surface area contributed by atoms with E-state index in [4.69, 9.17) is 4.74 Å². The summed E-state index contributed by atoms with van der Waals surface area (Å²) in [4.78, 5) is 40.3. The summed E-state index contributed by atoms with van der Waals surface area (Å²) in [5.41, 5.74) is 2.39. The molecule has 0 aromatic heterocycles. The third-order valence-corrected chi connectivity index (χ3v) is 7.05. The molecule has 2 N–H and O–H groups in total. The number of thioether (sulfide) groups is 1. The molecule has 1 atom stereocenters. The summed E-state index contributed by atoms with van der Waals surface area (Å²) < 4.78 is 5.40. The maximum absolute atomic E-state index is 13.0. The summed E-state index contributed by atoms with van der Waals surface area (Å²) in [7, 11) is 1.89. The first-order chi connectivity index (χ1) is 14.1. The van der Waals surface area contributed by atoms with Crippen LogP contribution in [0.5, 0.6) is 0 Å². The molecular formula is C20H32N4O4S. The minimum atomic E-state index is -0.816. The number of amides is 2. The van der Waals surface area contributed by atoms with Gasteiger partial charge in [-0.2, -0.15) is 0 Å². The van der Waals surface area contributed by atoms with Crippen LogP contribution in [0.15, 0.2) is 5.10 Å². The molecule has 2 amide bonds. The topological polar surface area (TPSA) is 100 Å². The van der Waals surface area contributed by atoms with Crippen LogP contribution in [0.4, 0.5) is 0 Å². The van der Waals surface area contributed by atoms with Gasteiger partial charge in [-0.25, -0.2) is 5.43 Å². The summed E-state index contributed by atoms with van der Waals surface area (Å²) in [5.74, 6) is -0.736. The van der Waals surface area contributed by atoms with Gasteiger partial charge in [0, 0.05) is 38.5 Å². The number of Topliss-reactive ketones (excluding diaryl/α,β-unsaturated/α-hetero) is 1. The molecule has 2 heterocycles. The van der Waals surface area contributed by atoms with Crippen molar-refractivity contribution in [3.8, 4) is 0 Å². The van der Waals surface area contributed by atoms with E-state index in [9.17, 15) is 14.4 Å². The summed E-state index contributed by atoms with van der Waals surface area (Å²) in [6.45, 7) is 1.94. The number of carbonyl (C=O) groups is 3. The number of ketones is 1. The Bertz CT molecular complexity index is 628. The number of amidine groups is 1. The number of carbonyl (C=O) groups excluding carboxylic acids is 3. The first-order valence-electron chi connectivity index (χ1n) is 10.7. The first-order valence-corrected chi connectivity index (χ1v) is 11.7. The van der Waals surface area contributed by atoms with Gasteiger partial charge >= 0.3 is 5.91 Å². The molecule has 1 saturated carbocycles. The predicted octanol–water partition coefficient (Wildman–Crippen LogP) is 1.50. The van der Waals surface area contributed by atoms with Gasteiger partial charge in [-0.15, -0.1) is 5.10 Å². The highest BCUT2D eigenvalue weighted by molar-refractivity contribution is 8.14. The summed E-state index contributed by atoms with van der Waals surface area (Å²) in [6.07, 6.45) is 7.40. The molecule has 3 aliphatic rings. The molecule has 3 fully saturated rings. The number of hydrogen-bond donors (Lipinski definition) is 2. The van der Waals surface area contributed by atoms with Crippen molar-refractivity contribution in [3.05, 3.63) is 0 Å². The lowest BCUT2D eigenvalue weighted by molar-refractivity contribution is -0.142. The highest BCUT2D eigenvalue weighted by Gasteiger charge is 2.36. The third kappa shape index (κ3) is 6.18. The Labute approximate surface area is 176 Å². The molecule has 0 radical (unpaired) electrons. The van der Waals surface area contributed by atoms with E-state index in [-0.39, 0.29) is 17.7 Å². The molecule has 0 spiro atoms. The van der Waals surface area contributed by atoms with Crippen LogP contribution in [0, 0.1) is 11.8 Å². The lowest BCUT2D eigenvalue weighted by Crippen LogP contribution is -2.53. The van der Waals surface area contributed by atoms with E-state index in [1.54, 1.807) is 0 Å². The van der Waals surface area contributed by atoms with Gasteiger partial charge in [-0.05, 0) is 31.6 Å². The average Bonchev–Trinajstić information content (AvgIpc) is 2.97. The second-order valence-corrected chi connectivity index (χ2v) is 9.16. The average molecular weight is 425 g/mol. The summed E-state index contributed by atoms with van der Waals surface area (Å²) in [6, 6.07) is -0.816. The van der Waals surface area contributed by atoms with Crippen molar-refractivity contribution in [2.45, 2.75) is 57.4 Å². The van der Waals surface area contributed by atoms with Crippen LogP contribution in [-0.4, -0.2) is 66.3 Å². The Hall–Kier alpha value is -1.61. The molecule has 0 unspecified atom stereocenters. The predicted molar refractivity (Wildman–Crippen MR) is 112 cm³/mol. The van der Waals surface area contributed by atoms with Gasteiger partial charge in [0.25, 0.3) is 0 Å². The fraction of sp³-hybridized carbons (Fsp3) is 0.800. The second kappa shape index (κ2) is 11.0. The maximum atomic E-state index is 13.0. The van der Waals surface area contributed by atoms with Crippen molar-refractivity contribution in [1.82, 2.24) is 15.6 Å². The zero-order valence-electron chi connectivity index (χ0n) is 17.2. The van der Waals surface area contributed by atoms with Gasteiger partial charge in [0.05, 0.1) is 0 Å². The highest BCUT2D eigenvalue weighted by Crippen LogP contribution is 2.25. The second-order valence-electron chi connectivity index (χ2n) is 8.09. The fourth-order valence-corrected chi connectivity index (χ4v) is 5.12. The summed E-state index contributed by atoms with van der Waals surface area (Å²) in [5, 5.41) is 7.71. The van der Waals surface area contributed by atoms with Crippen molar-refractivity contribution < 1.29 is 19.1 Å². The quantitative estimate of drug-likeness (QED) is 0.381. The minimum Gasteiger partial charge on any atom is -0.381 e. The molecule has 0 bridgehead atoms. The van der Waals surface area contributed by atoms with Crippen LogP contribution < -0.4 is 10.7 Å². The van der Waals surface area contributed by atoms with Crippen molar-refractivity contribution in [3.63, 3.8) is 0 Å². The molecule has 9 heteroatoms. The number of ether oxygens (including phenoxy) is 1. The molecule has 29 heavy (non-hydrogen) atoms. The van der Waals surface area contributed by atoms with Gasteiger partial charge in [0.1, 0.15) is 6.04 Å². The Balaban J connectivity index is 1.65. The zero-order valence-corrected chi connectivity index (χ0v) is 18.0. The van der Waals surface area contributed by atoms with Crippen LogP contribution >= 0.6 is 11.8 Å². The van der Waals surface area contributed by atoms with Crippen LogP contribution in [-0.2, 0) is 19.1 Å². The molecule has 0 aromatic rings. The van der Waals surface area contributed by atoms with Gasteiger partial charge in [-0.1, -0.05) is 37.4 Å². The Morgan fingerprint density at radius 1 is 1.10 bits per heavy atom. The van der Waals surface area contributed by atoms with E-state index >= 15 is 0 Å². The van der Waals surface area contributed by atoms with Crippen molar-refractivity contribution in [1.29, 1.82) is 0 Å². The zero-order chi connectivity index (χ0) is 20.6. The SMILES string of the molecule is CN1CCSC1=NNC(=O)C(=O)[C@@H](NC(=O)C1CCCCCC1)C1CCOCC1. The van der Waals surface area contributed by atoms with E-state index in [0.29, 0.717) is 31.2 Å². The molecule has 1 aliphatic carbocycles. The molecule has 0 aromatic carbocycles. The molecule has 2 aliphatic heterocycles. The number of hydrogen-bond acceptors (Lipinski definition) is 6. The van der Waals surface area contributed by atoms with E-state index < -0.39 is 17.7 Å². The fourth-order valence-electron chi connectivity index (χ4n) is 4.15. The molecule has 162 valence electrons.